The van der Waals surface area contributed by atoms with Gasteiger partial charge in [-0.05, 0) is 63.5 Å². The molecule has 1 aromatic heterocycles. The number of rotatable bonds is 2. The van der Waals surface area contributed by atoms with Crippen LogP contribution in [0.3, 0.4) is 0 Å². The molecule has 0 bridgehead atoms. The summed E-state index contributed by atoms with van der Waals surface area (Å²) < 4.78 is 0. The van der Waals surface area contributed by atoms with Crippen molar-refractivity contribution < 1.29 is 4.79 Å². The highest BCUT2D eigenvalue weighted by molar-refractivity contribution is 6.36. The molecule has 4 nitrogen and oxygen atoms in total. The van der Waals surface area contributed by atoms with Gasteiger partial charge in [0.15, 0.2) is 0 Å². The van der Waals surface area contributed by atoms with Crippen LogP contribution in [0.1, 0.15) is 36.0 Å². The molecule has 1 amide bonds. The van der Waals surface area contributed by atoms with Crippen LogP contribution in [-0.2, 0) is 0 Å². The van der Waals surface area contributed by atoms with Gasteiger partial charge in [0.05, 0.1) is 16.1 Å². The Hall–Kier alpha value is -1.65. The Morgan fingerprint density at radius 1 is 1.17 bits per heavy atom. The first kappa shape index (κ1) is 15.9. The fourth-order valence-electron chi connectivity index (χ4n) is 4.33. The Labute approximate surface area is 147 Å². The number of pyridine rings is 1. The standard InChI is InChI=1S/C19H22ClN3O/c1-22-11-3-6-16(22)17-7-4-12-23(17)19(24)14-8-9-15(20)13-5-2-10-21-18(13)14/h2,5,8-10,16-17H,3-4,6-7,11-12H2,1H3/t16-,17-/m0/s1. The average molecular weight is 344 g/mol. The molecule has 0 aliphatic carbocycles. The van der Waals surface area contributed by atoms with Crippen molar-refractivity contribution in [3.05, 3.63) is 41.0 Å². The minimum atomic E-state index is 0.0955. The van der Waals surface area contributed by atoms with E-state index in [0.717, 1.165) is 31.3 Å². The molecule has 2 atom stereocenters. The fraction of sp³-hybridized carbons (Fsp3) is 0.474. The van der Waals surface area contributed by atoms with Crippen LogP contribution in [0.5, 0.6) is 0 Å². The van der Waals surface area contributed by atoms with Crippen LogP contribution in [-0.4, -0.2) is 52.9 Å². The van der Waals surface area contributed by atoms with Gasteiger partial charge in [0.25, 0.3) is 5.91 Å². The smallest absolute Gasteiger partial charge is 0.256 e. The van der Waals surface area contributed by atoms with Gasteiger partial charge in [-0.3, -0.25) is 9.78 Å². The van der Waals surface area contributed by atoms with Crippen LogP contribution in [0.25, 0.3) is 10.9 Å². The predicted octanol–water partition coefficient (Wildman–Crippen LogP) is 3.59. The molecule has 126 valence electrons. The van der Waals surface area contributed by atoms with E-state index in [0.29, 0.717) is 28.2 Å². The van der Waals surface area contributed by atoms with Crippen molar-refractivity contribution in [1.82, 2.24) is 14.8 Å². The summed E-state index contributed by atoms with van der Waals surface area (Å²) in [4.78, 5) is 22.2. The second-order valence-electron chi connectivity index (χ2n) is 6.89. The lowest BCUT2D eigenvalue weighted by Gasteiger charge is -2.33. The van der Waals surface area contributed by atoms with Crippen molar-refractivity contribution in [3.63, 3.8) is 0 Å². The third-order valence-electron chi connectivity index (χ3n) is 5.53. The molecule has 2 aromatic rings. The Kier molecular flexibility index (Phi) is 4.19. The van der Waals surface area contributed by atoms with E-state index in [4.69, 9.17) is 11.6 Å². The maximum atomic E-state index is 13.3. The second kappa shape index (κ2) is 6.34. The van der Waals surface area contributed by atoms with Crippen LogP contribution >= 0.6 is 11.6 Å². The summed E-state index contributed by atoms with van der Waals surface area (Å²) in [6, 6.07) is 8.23. The Morgan fingerprint density at radius 3 is 2.75 bits per heavy atom. The van der Waals surface area contributed by atoms with E-state index < -0.39 is 0 Å². The molecule has 5 heteroatoms. The van der Waals surface area contributed by atoms with E-state index in [2.05, 4.69) is 21.8 Å². The van der Waals surface area contributed by atoms with Gasteiger partial charge in [-0.15, -0.1) is 0 Å². The average Bonchev–Trinajstić information content (AvgIpc) is 3.23. The highest BCUT2D eigenvalue weighted by Crippen LogP contribution is 2.32. The Morgan fingerprint density at radius 2 is 1.96 bits per heavy atom. The number of likely N-dealkylation sites (N-methyl/N-ethyl adjacent to an activating group) is 1. The van der Waals surface area contributed by atoms with Gasteiger partial charge in [-0.25, -0.2) is 0 Å². The zero-order valence-corrected chi connectivity index (χ0v) is 14.7. The Balaban J connectivity index is 1.69. The molecule has 2 aliphatic heterocycles. The van der Waals surface area contributed by atoms with E-state index in [-0.39, 0.29) is 5.91 Å². The number of nitrogens with zero attached hydrogens (tertiary/aromatic N) is 3. The van der Waals surface area contributed by atoms with Crippen LogP contribution in [0, 0.1) is 0 Å². The quantitative estimate of drug-likeness (QED) is 0.836. The molecule has 0 N–H and O–H groups in total. The predicted molar refractivity (Wildman–Crippen MR) is 96.5 cm³/mol. The highest BCUT2D eigenvalue weighted by Gasteiger charge is 2.39. The van der Waals surface area contributed by atoms with E-state index in [1.165, 1.54) is 12.8 Å². The molecule has 4 rings (SSSR count). The Bertz CT molecular complexity index is 778. The lowest BCUT2D eigenvalue weighted by molar-refractivity contribution is 0.0666. The SMILES string of the molecule is CN1CCC[C@H]1[C@@H]1CCCN1C(=O)c1ccc(Cl)c2cccnc12. The fourth-order valence-corrected chi connectivity index (χ4v) is 4.55. The normalized spacial score (nSPS) is 24.8. The van der Waals surface area contributed by atoms with Gasteiger partial charge in [-0.2, -0.15) is 0 Å². The number of hydrogen-bond acceptors (Lipinski definition) is 3. The molecule has 2 aliphatic rings. The van der Waals surface area contributed by atoms with Gasteiger partial charge >= 0.3 is 0 Å². The summed E-state index contributed by atoms with van der Waals surface area (Å²) >= 11 is 6.27. The summed E-state index contributed by atoms with van der Waals surface area (Å²) in [5.41, 5.74) is 1.38. The third-order valence-corrected chi connectivity index (χ3v) is 5.86. The molecule has 1 aromatic carbocycles. The van der Waals surface area contributed by atoms with Crippen molar-refractivity contribution in [2.75, 3.05) is 20.1 Å². The molecule has 2 saturated heterocycles. The van der Waals surface area contributed by atoms with Crippen LogP contribution in [0.15, 0.2) is 30.5 Å². The molecular weight excluding hydrogens is 322 g/mol. The van der Waals surface area contributed by atoms with E-state index in [1.807, 2.05) is 24.3 Å². The van der Waals surface area contributed by atoms with E-state index >= 15 is 0 Å². The van der Waals surface area contributed by atoms with Gasteiger partial charge in [-0.1, -0.05) is 11.6 Å². The van der Waals surface area contributed by atoms with Crippen molar-refractivity contribution >= 4 is 28.4 Å². The van der Waals surface area contributed by atoms with E-state index in [9.17, 15) is 4.79 Å². The first-order valence-electron chi connectivity index (χ1n) is 8.71. The first-order valence-corrected chi connectivity index (χ1v) is 9.09. The minimum Gasteiger partial charge on any atom is -0.334 e. The lowest BCUT2D eigenvalue weighted by atomic mass is 10.0. The third kappa shape index (κ3) is 2.58. The van der Waals surface area contributed by atoms with Gasteiger partial charge < -0.3 is 9.80 Å². The topological polar surface area (TPSA) is 36.4 Å². The van der Waals surface area contributed by atoms with Crippen molar-refractivity contribution in [1.29, 1.82) is 0 Å². The summed E-state index contributed by atoms with van der Waals surface area (Å²) in [5.74, 6) is 0.0955. The molecule has 0 spiro atoms. The molecule has 0 unspecified atom stereocenters. The summed E-state index contributed by atoms with van der Waals surface area (Å²) in [6.45, 7) is 1.97. The number of aromatic nitrogens is 1. The number of hydrogen-bond donors (Lipinski definition) is 0. The van der Waals surface area contributed by atoms with Crippen molar-refractivity contribution in [2.24, 2.45) is 0 Å². The number of carbonyl (C=O) groups is 1. The van der Waals surface area contributed by atoms with E-state index in [1.54, 1.807) is 6.20 Å². The number of amides is 1. The number of carbonyl (C=O) groups excluding carboxylic acids is 1. The molecule has 3 heterocycles. The largest absolute Gasteiger partial charge is 0.334 e. The van der Waals surface area contributed by atoms with Crippen molar-refractivity contribution in [3.8, 4) is 0 Å². The number of benzene rings is 1. The molecular formula is C19H22ClN3O. The van der Waals surface area contributed by atoms with Crippen LogP contribution in [0.2, 0.25) is 5.02 Å². The summed E-state index contributed by atoms with van der Waals surface area (Å²) in [6.07, 6.45) is 6.32. The first-order chi connectivity index (χ1) is 11.7. The summed E-state index contributed by atoms with van der Waals surface area (Å²) in [5, 5.41) is 1.49. The number of fused-ring (bicyclic) bond motifs is 1. The maximum Gasteiger partial charge on any atom is 0.256 e. The number of likely N-dealkylation sites (tertiary alicyclic amines) is 2. The van der Waals surface area contributed by atoms with Crippen LogP contribution in [0.4, 0.5) is 0 Å². The zero-order valence-electron chi connectivity index (χ0n) is 13.9. The van der Waals surface area contributed by atoms with Gasteiger partial charge in [0.2, 0.25) is 0 Å². The molecule has 24 heavy (non-hydrogen) atoms. The van der Waals surface area contributed by atoms with Crippen LogP contribution < -0.4 is 0 Å². The summed E-state index contributed by atoms with van der Waals surface area (Å²) in [7, 11) is 2.18. The van der Waals surface area contributed by atoms with Gasteiger partial charge in [0.1, 0.15) is 0 Å². The highest BCUT2D eigenvalue weighted by atomic mass is 35.5. The zero-order chi connectivity index (χ0) is 16.7. The lowest BCUT2D eigenvalue weighted by Crippen LogP contribution is -2.47. The van der Waals surface area contributed by atoms with Crippen molar-refractivity contribution in [2.45, 2.75) is 37.8 Å². The second-order valence-corrected chi connectivity index (χ2v) is 7.30. The molecule has 0 radical (unpaired) electrons. The molecule has 2 fully saturated rings. The maximum absolute atomic E-state index is 13.3. The monoisotopic (exact) mass is 343 g/mol. The minimum absolute atomic E-state index is 0.0955. The van der Waals surface area contributed by atoms with Gasteiger partial charge in [0, 0.05) is 30.2 Å². The number of halogens is 1. The molecule has 0 saturated carbocycles.